The second kappa shape index (κ2) is 8.11. The second-order valence-corrected chi connectivity index (χ2v) is 5.95. The lowest BCUT2D eigenvalue weighted by atomic mass is 10.1. The molecule has 0 aliphatic heterocycles. The first kappa shape index (κ1) is 17.4. The first-order chi connectivity index (χ1) is 12.6. The molecule has 26 heavy (non-hydrogen) atoms. The minimum absolute atomic E-state index is 0.0918. The molecule has 2 aromatic carbocycles. The molecule has 3 aromatic rings. The van der Waals surface area contributed by atoms with Crippen LogP contribution in [0.15, 0.2) is 60.9 Å². The Morgan fingerprint density at radius 2 is 1.65 bits per heavy atom. The molecule has 0 unspecified atom stereocenters. The Morgan fingerprint density at radius 1 is 0.962 bits per heavy atom. The van der Waals surface area contributed by atoms with Crippen LogP contribution in [0, 0.1) is 6.92 Å². The summed E-state index contributed by atoms with van der Waals surface area (Å²) in [6, 6.07) is 17.5. The van der Waals surface area contributed by atoms with Crippen LogP contribution in [0.5, 0.6) is 0 Å². The number of carbonyl (C=O) groups is 1. The molecule has 0 radical (unpaired) electrons. The summed E-state index contributed by atoms with van der Waals surface area (Å²) in [6.45, 7) is 4.28. The van der Waals surface area contributed by atoms with Crippen LogP contribution in [0.1, 0.15) is 18.1 Å². The fraction of sp³-hybridized carbons (Fsp3) is 0.150. The van der Waals surface area contributed by atoms with Crippen molar-refractivity contribution >= 4 is 28.9 Å². The smallest absolute Gasteiger partial charge is 0.221 e. The topological polar surface area (TPSA) is 78.9 Å². The highest BCUT2D eigenvalue weighted by Gasteiger charge is 2.02. The van der Waals surface area contributed by atoms with Crippen molar-refractivity contribution < 1.29 is 4.79 Å². The summed E-state index contributed by atoms with van der Waals surface area (Å²) < 4.78 is 0. The number of hydrogen-bond donors (Lipinski definition) is 3. The van der Waals surface area contributed by atoms with Gasteiger partial charge in [-0.15, -0.1) is 0 Å². The number of anilines is 4. The lowest BCUT2D eigenvalue weighted by Crippen LogP contribution is -2.05. The molecule has 0 bridgehead atoms. The highest BCUT2D eigenvalue weighted by atomic mass is 16.1. The zero-order valence-corrected chi connectivity index (χ0v) is 14.8. The van der Waals surface area contributed by atoms with E-state index in [2.05, 4.69) is 45.0 Å². The van der Waals surface area contributed by atoms with E-state index in [0.29, 0.717) is 12.4 Å². The predicted octanol–water partition coefficient (Wildman–Crippen LogP) is 4.10. The third kappa shape index (κ3) is 4.80. The molecule has 0 atom stereocenters. The Bertz CT molecular complexity index is 893. The van der Waals surface area contributed by atoms with Crippen molar-refractivity contribution in [1.29, 1.82) is 0 Å². The third-order valence-corrected chi connectivity index (χ3v) is 3.87. The molecule has 3 rings (SSSR count). The standard InChI is InChI=1S/C20H21N5O/c1-14-5-3-4-6-16(14)12-21-19-11-20(23-13-22-19)25-18-9-7-17(8-10-18)24-15(2)26/h3-11,13H,12H2,1-2H3,(H,24,26)(H2,21,22,23,25). The third-order valence-electron chi connectivity index (χ3n) is 3.87. The van der Waals surface area contributed by atoms with E-state index in [0.717, 1.165) is 17.2 Å². The lowest BCUT2D eigenvalue weighted by molar-refractivity contribution is -0.114. The van der Waals surface area contributed by atoms with Gasteiger partial charge in [-0.2, -0.15) is 0 Å². The van der Waals surface area contributed by atoms with Crippen LogP contribution in [0.3, 0.4) is 0 Å². The van der Waals surface area contributed by atoms with Crippen LogP contribution in [-0.4, -0.2) is 15.9 Å². The average Bonchev–Trinajstić information content (AvgIpc) is 2.63. The number of amides is 1. The van der Waals surface area contributed by atoms with E-state index in [-0.39, 0.29) is 5.91 Å². The van der Waals surface area contributed by atoms with Gasteiger partial charge in [-0.25, -0.2) is 9.97 Å². The molecule has 1 heterocycles. The molecule has 6 heteroatoms. The van der Waals surface area contributed by atoms with Gasteiger partial charge in [0.2, 0.25) is 5.91 Å². The number of benzene rings is 2. The molecule has 0 saturated carbocycles. The summed E-state index contributed by atoms with van der Waals surface area (Å²) in [5.41, 5.74) is 4.11. The molecule has 0 spiro atoms. The van der Waals surface area contributed by atoms with E-state index in [1.54, 1.807) is 0 Å². The van der Waals surface area contributed by atoms with E-state index < -0.39 is 0 Å². The van der Waals surface area contributed by atoms with Crippen molar-refractivity contribution in [3.05, 3.63) is 72.1 Å². The maximum absolute atomic E-state index is 11.1. The van der Waals surface area contributed by atoms with Crippen LogP contribution in [-0.2, 0) is 11.3 Å². The number of nitrogens with zero attached hydrogens (tertiary/aromatic N) is 2. The van der Waals surface area contributed by atoms with Gasteiger partial charge in [0.15, 0.2) is 0 Å². The zero-order chi connectivity index (χ0) is 18.4. The fourth-order valence-corrected chi connectivity index (χ4v) is 2.50. The van der Waals surface area contributed by atoms with Crippen LogP contribution in [0.2, 0.25) is 0 Å². The Kier molecular flexibility index (Phi) is 5.43. The van der Waals surface area contributed by atoms with E-state index in [1.807, 2.05) is 42.5 Å². The molecule has 3 N–H and O–H groups in total. The molecule has 0 aliphatic rings. The molecule has 0 fully saturated rings. The molecule has 1 aromatic heterocycles. The summed E-state index contributed by atoms with van der Waals surface area (Å²) in [6.07, 6.45) is 1.52. The van der Waals surface area contributed by atoms with Crippen LogP contribution >= 0.6 is 0 Å². The molecule has 132 valence electrons. The highest BCUT2D eigenvalue weighted by Crippen LogP contribution is 2.19. The van der Waals surface area contributed by atoms with Crippen molar-refractivity contribution in [1.82, 2.24) is 9.97 Å². The second-order valence-electron chi connectivity index (χ2n) is 5.95. The van der Waals surface area contributed by atoms with Crippen molar-refractivity contribution in [3.63, 3.8) is 0 Å². The van der Waals surface area contributed by atoms with E-state index in [4.69, 9.17) is 0 Å². The molecule has 0 saturated heterocycles. The summed E-state index contributed by atoms with van der Waals surface area (Å²) in [7, 11) is 0. The molecule has 1 amide bonds. The van der Waals surface area contributed by atoms with Gasteiger partial charge in [0.1, 0.15) is 18.0 Å². The highest BCUT2D eigenvalue weighted by molar-refractivity contribution is 5.88. The monoisotopic (exact) mass is 347 g/mol. The Labute approximate surface area is 152 Å². The minimum Gasteiger partial charge on any atom is -0.366 e. The number of aromatic nitrogens is 2. The Balaban J connectivity index is 1.63. The largest absolute Gasteiger partial charge is 0.366 e. The lowest BCUT2D eigenvalue weighted by Gasteiger charge is -2.10. The van der Waals surface area contributed by atoms with Gasteiger partial charge >= 0.3 is 0 Å². The quantitative estimate of drug-likeness (QED) is 0.626. The zero-order valence-electron chi connectivity index (χ0n) is 14.8. The maximum Gasteiger partial charge on any atom is 0.221 e. The van der Waals surface area contributed by atoms with Crippen molar-refractivity contribution in [3.8, 4) is 0 Å². The number of hydrogen-bond acceptors (Lipinski definition) is 5. The van der Waals surface area contributed by atoms with Gasteiger partial charge in [0.25, 0.3) is 0 Å². The van der Waals surface area contributed by atoms with Crippen molar-refractivity contribution in [2.45, 2.75) is 20.4 Å². The van der Waals surface area contributed by atoms with Crippen LogP contribution in [0.4, 0.5) is 23.0 Å². The maximum atomic E-state index is 11.1. The van der Waals surface area contributed by atoms with Crippen molar-refractivity contribution in [2.24, 2.45) is 0 Å². The Morgan fingerprint density at radius 3 is 2.38 bits per heavy atom. The number of carbonyl (C=O) groups excluding carboxylic acids is 1. The summed E-state index contributed by atoms with van der Waals surface area (Å²) in [4.78, 5) is 19.6. The van der Waals surface area contributed by atoms with Crippen LogP contribution in [0.25, 0.3) is 0 Å². The number of aryl methyl sites for hydroxylation is 1. The van der Waals surface area contributed by atoms with E-state index in [1.165, 1.54) is 24.4 Å². The molecule has 6 nitrogen and oxygen atoms in total. The van der Waals surface area contributed by atoms with E-state index >= 15 is 0 Å². The van der Waals surface area contributed by atoms with Crippen molar-refractivity contribution in [2.75, 3.05) is 16.0 Å². The summed E-state index contributed by atoms with van der Waals surface area (Å²) >= 11 is 0. The molecule has 0 aliphatic carbocycles. The van der Waals surface area contributed by atoms with Gasteiger partial charge in [0.05, 0.1) is 0 Å². The van der Waals surface area contributed by atoms with E-state index in [9.17, 15) is 4.79 Å². The molecular formula is C20H21N5O. The fourth-order valence-electron chi connectivity index (χ4n) is 2.50. The van der Waals surface area contributed by atoms with Gasteiger partial charge < -0.3 is 16.0 Å². The minimum atomic E-state index is -0.0918. The van der Waals surface area contributed by atoms with Gasteiger partial charge in [-0.05, 0) is 42.3 Å². The average molecular weight is 347 g/mol. The first-order valence-corrected chi connectivity index (χ1v) is 8.35. The first-order valence-electron chi connectivity index (χ1n) is 8.35. The van der Waals surface area contributed by atoms with Crippen LogP contribution < -0.4 is 16.0 Å². The molecular weight excluding hydrogens is 326 g/mol. The number of rotatable bonds is 6. The summed E-state index contributed by atoms with van der Waals surface area (Å²) in [5.74, 6) is 1.35. The summed E-state index contributed by atoms with van der Waals surface area (Å²) in [5, 5.41) is 9.29. The normalized spacial score (nSPS) is 10.2. The SMILES string of the molecule is CC(=O)Nc1ccc(Nc2cc(NCc3ccccc3C)ncn2)cc1. The van der Waals surface area contributed by atoms with Gasteiger partial charge in [0, 0.05) is 30.9 Å². The van der Waals surface area contributed by atoms with Gasteiger partial charge in [-0.3, -0.25) is 4.79 Å². The Hall–Kier alpha value is -3.41. The van der Waals surface area contributed by atoms with Gasteiger partial charge in [-0.1, -0.05) is 24.3 Å². The number of nitrogens with one attached hydrogen (secondary N) is 3. The predicted molar refractivity (Wildman–Crippen MR) is 105 cm³/mol.